The maximum Gasteiger partial charge on any atom is 0.399 e. The van der Waals surface area contributed by atoms with E-state index in [0.29, 0.717) is 0 Å². The predicted molar refractivity (Wildman–Crippen MR) is 85.2 cm³/mol. The summed E-state index contributed by atoms with van der Waals surface area (Å²) in [5.41, 5.74) is 3.15. The molecule has 1 aliphatic heterocycles. The van der Waals surface area contributed by atoms with Gasteiger partial charge in [-0.2, -0.15) is 0 Å². The zero-order chi connectivity index (χ0) is 14.4. The van der Waals surface area contributed by atoms with Crippen LogP contribution >= 0.6 is 0 Å². The fourth-order valence-corrected chi connectivity index (χ4v) is 3.02. The molecule has 2 aromatic heterocycles. The van der Waals surface area contributed by atoms with E-state index in [1.807, 2.05) is 18.2 Å². The molecule has 0 spiro atoms. The highest BCUT2D eigenvalue weighted by molar-refractivity contribution is 6.82. The minimum Gasteiger partial charge on any atom is -0.457 e. The molecule has 0 fully saturated rings. The van der Waals surface area contributed by atoms with E-state index < -0.39 is 0 Å². The van der Waals surface area contributed by atoms with Gasteiger partial charge in [-0.25, -0.2) is 4.57 Å². The number of benzene rings is 1. The van der Waals surface area contributed by atoms with E-state index in [0.717, 1.165) is 11.0 Å². The third kappa shape index (κ3) is 1.87. The van der Waals surface area contributed by atoms with Crippen molar-refractivity contribution in [2.45, 2.75) is 0 Å². The van der Waals surface area contributed by atoms with Gasteiger partial charge in [0, 0.05) is 16.7 Å². The molecule has 3 aromatic rings. The van der Waals surface area contributed by atoms with Crippen molar-refractivity contribution in [1.82, 2.24) is 4.81 Å². The summed E-state index contributed by atoms with van der Waals surface area (Å²) in [6, 6.07) is 14.5. The molecule has 3 heterocycles. The van der Waals surface area contributed by atoms with Crippen molar-refractivity contribution < 1.29 is 8.98 Å². The normalized spacial score (nSPS) is 13.8. The Kier molecular flexibility index (Phi) is 2.64. The molecule has 0 aliphatic carbocycles. The molecule has 4 heteroatoms. The van der Waals surface area contributed by atoms with Crippen LogP contribution in [0, 0.1) is 0 Å². The van der Waals surface area contributed by atoms with E-state index in [4.69, 9.17) is 4.42 Å². The fraction of sp³-hybridized carbons (Fsp3) is 0.118. The van der Waals surface area contributed by atoms with Crippen molar-refractivity contribution in [3.8, 4) is 0 Å². The first-order chi connectivity index (χ1) is 10.2. The Balaban J connectivity index is 1.97. The lowest BCUT2D eigenvalue weighted by Gasteiger charge is -2.20. The standard InChI is InChI=1S/C17H16BN2O/c1-19-10-6-5-9-17(19)18-11-16-14(12-20(18)2)13-7-3-4-8-15(13)21-16/h3-12H,1-2H3/q+1. The Bertz CT molecular complexity index is 945. The second kappa shape index (κ2) is 4.52. The van der Waals surface area contributed by atoms with Gasteiger partial charge in [0.15, 0.2) is 11.8 Å². The van der Waals surface area contributed by atoms with Crippen LogP contribution in [0.5, 0.6) is 0 Å². The van der Waals surface area contributed by atoms with E-state index in [1.165, 1.54) is 16.2 Å². The molecular formula is C17H16BN2O+. The maximum atomic E-state index is 6.01. The predicted octanol–water partition coefficient (Wildman–Crippen LogP) is 0.159. The van der Waals surface area contributed by atoms with Crippen LogP contribution in [0.1, 0.15) is 0 Å². The molecule has 0 saturated heterocycles. The Labute approximate surface area is 123 Å². The molecule has 102 valence electrons. The number of rotatable bonds is 1. The van der Waals surface area contributed by atoms with Crippen LogP contribution in [0.25, 0.3) is 23.1 Å². The largest absolute Gasteiger partial charge is 0.457 e. The molecule has 0 amide bonds. The number of aryl methyl sites for hydroxylation is 1. The van der Waals surface area contributed by atoms with Gasteiger partial charge < -0.3 is 9.23 Å². The molecule has 0 N–H and O–H groups in total. The van der Waals surface area contributed by atoms with Crippen LogP contribution in [0.4, 0.5) is 0 Å². The molecule has 21 heavy (non-hydrogen) atoms. The van der Waals surface area contributed by atoms with Crippen molar-refractivity contribution in [1.29, 1.82) is 0 Å². The highest BCUT2D eigenvalue weighted by Gasteiger charge is 2.29. The zero-order valence-corrected chi connectivity index (χ0v) is 12.2. The second-order valence-electron chi connectivity index (χ2n) is 5.52. The number of fused-ring (bicyclic) bond motifs is 3. The summed E-state index contributed by atoms with van der Waals surface area (Å²) in [5, 5.41) is 2.34. The lowest BCUT2D eigenvalue weighted by atomic mass is 9.56. The smallest absolute Gasteiger partial charge is 0.399 e. The Morgan fingerprint density at radius 1 is 1.10 bits per heavy atom. The summed E-state index contributed by atoms with van der Waals surface area (Å²) >= 11 is 0. The van der Waals surface area contributed by atoms with Crippen LogP contribution in [-0.2, 0) is 7.05 Å². The van der Waals surface area contributed by atoms with Gasteiger partial charge in [0.2, 0.25) is 0 Å². The minimum absolute atomic E-state index is 0.185. The Morgan fingerprint density at radius 3 is 2.76 bits per heavy atom. The lowest BCUT2D eigenvalue weighted by molar-refractivity contribution is -0.654. The first kappa shape index (κ1) is 12.3. The molecule has 0 unspecified atom stereocenters. The van der Waals surface area contributed by atoms with Gasteiger partial charge in [-0.15, -0.1) is 0 Å². The lowest BCUT2D eigenvalue weighted by Crippen LogP contribution is -2.60. The van der Waals surface area contributed by atoms with Gasteiger partial charge in [-0.05, 0) is 31.4 Å². The van der Waals surface area contributed by atoms with Gasteiger partial charge >= 0.3 is 6.85 Å². The summed E-state index contributed by atoms with van der Waals surface area (Å²) < 4.78 is 8.16. The average molecular weight is 275 g/mol. The Morgan fingerprint density at radius 2 is 1.90 bits per heavy atom. The third-order valence-electron chi connectivity index (χ3n) is 4.14. The number of hydrogen-bond donors (Lipinski definition) is 0. The fourth-order valence-electron chi connectivity index (χ4n) is 3.02. The molecule has 1 aromatic carbocycles. The third-order valence-corrected chi connectivity index (χ3v) is 4.14. The van der Waals surface area contributed by atoms with Gasteiger partial charge in [0.25, 0.3) is 0 Å². The molecule has 0 bridgehead atoms. The van der Waals surface area contributed by atoms with Gasteiger partial charge in [0.05, 0.1) is 0 Å². The Hall–Kier alpha value is -2.49. The highest BCUT2D eigenvalue weighted by atomic mass is 16.3. The van der Waals surface area contributed by atoms with E-state index >= 15 is 0 Å². The minimum atomic E-state index is 0.185. The van der Waals surface area contributed by atoms with Gasteiger partial charge in [-0.1, -0.05) is 24.3 Å². The summed E-state index contributed by atoms with van der Waals surface area (Å²) in [4.78, 5) is 2.24. The number of hydrogen-bond acceptors (Lipinski definition) is 2. The van der Waals surface area contributed by atoms with E-state index in [-0.39, 0.29) is 6.85 Å². The van der Waals surface area contributed by atoms with Crippen molar-refractivity contribution >= 4 is 35.6 Å². The molecule has 0 radical (unpaired) electrons. The number of aromatic nitrogens is 1. The first-order valence-electron chi connectivity index (χ1n) is 7.12. The average Bonchev–Trinajstić information content (AvgIpc) is 2.85. The summed E-state index contributed by atoms with van der Waals surface area (Å²) in [6.07, 6.45) is 4.25. The summed E-state index contributed by atoms with van der Waals surface area (Å²) in [5.74, 6) is 2.20. The molecular weight excluding hydrogens is 259 g/mol. The van der Waals surface area contributed by atoms with Crippen LogP contribution in [0.15, 0.2) is 53.1 Å². The molecule has 3 nitrogen and oxygen atoms in total. The molecule has 4 rings (SSSR count). The van der Waals surface area contributed by atoms with Gasteiger partial charge in [0.1, 0.15) is 18.0 Å². The van der Waals surface area contributed by atoms with Crippen LogP contribution in [0.3, 0.4) is 0 Å². The van der Waals surface area contributed by atoms with E-state index in [2.05, 4.69) is 66.1 Å². The van der Waals surface area contributed by atoms with E-state index in [1.54, 1.807) is 0 Å². The quantitative estimate of drug-likeness (QED) is 0.466. The van der Waals surface area contributed by atoms with E-state index in [9.17, 15) is 0 Å². The van der Waals surface area contributed by atoms with Crippen LogP contribution < -0.4 is 20.8 Å². The van der Waals surface area contributed by atoms with Crippen LogP contribution in [0.2, 0.25) is 0 Å². The monoisotopic (exact) mass is 275 g/mol. The molecule has 1 aliphatic rings. The van der Waals surface area contributed by atoms with Crippen molar-refractivity contribution in [2.24, 2.45) is 7.05 Å². The van der Waals surface area contributed by atoms with Crippen molar-refractivity contribution in [3.63, 3.8) is 0 Å². The zero-order valence-electron chi connectivity index (χ0n) is 12.2. The molecule has 0 atom stereocenters. The first-order valence-corrected chi connectivity index (χ1v) is 7.12. The molecule has 0 saturated carbocycles. The van der Waals surface area contributed by atoms with Gasteiger partial charge in [-0.3, -0.25) is 0 Å². The van der Waals surface area contributed by atoms with Crippen LogP contribution in [-0.4, -0.2) is 18.7 Å². The number of pyridine rings is 1. The summed E-state index contributed by atoms with van der Waals surface area (Å²) in [6.45, 7) is 0.185. The number of nitrogens with zero attached hydrogens (tertiary/aromatic N) is 2. The highest BCUT2D eigenvalue weighted by Crippen LogP contribution is 2.09. The SMILES string of the molecule is CN1C=c2c(oc3ccccc23)=CB1c1cccc[n+]1C. The van der Waals surface area contributed by atoms with Crippen molar-refractivity contribution in [2.75, 3.05) is 7.05 Å². The number of para-hydroxylation sites is 1. The number of furan rings is 1. The van der Waals surface area contributed by atoms with Crippen molar-refractivity contribution in [3.05, 3.63) is 59.3 Å². The topological polar surface area (TPSA) is 20.3 Å². The summed E-state index contributed by atoms with van der Waals surface area (Å²) in [7, 11) is 4.18. The second-order valence-corrected chi connectivity index (χ2v) is 5.52. The maximum absolute atomic E-state index is 6.01.